The molecule has 0 spiro atoms. The van der Waals surface area contributed by atoms with Gasteiger partial charge in [0.05, 0.1) is 0 Å². The zero-order chi connectivity index (χ0) is 15.2. The predicted molar refractivity (Wildman–Crippen MR) is 73.7 cm³/mol. The Balaban J connectivity index is 2.62. The molecule has 1 aromatic rings. The van der Waals surface area contributed by atoms with Crippen molar-refractivity contribution in [3.05, 3.63) is 29.8 Å². The molecular weight excluding hydrogens is 267 g/mol. The monoisotopic (exact) mass is 289 g/mol. The molecule has 0 aliphatic heterocycles. The molecule has 0 saturated carbocycles. The molecule has 2 nitrogen and oxygen atoms in total. The molecule has 1 rings (SSSR count). The highest BCUT2D eigenvalue weighted by atomic mass is 19.4. The van der Waals surface area contributed by atoms with Gasteiger partial charge in [-0.15, -0.1) is 13.2 Å². The van der Waals surface area contributed by atoms with Crippen LogP contribution >= 0.6 is 0 Å². The van der Waals surface area contributed by atoms with Crippen molar-refractivity contribution in [1.82, 2.24) is 5.32 Å². The van der Waals surface area contributed by atoms with Crippen LogP contribution in [0.2, 0.25) is 0 Å². The van der Waals surface area contributed by atoms with E-state index in [2.05, 4.69) is 23.9 Å². The first-order chi connectivity index (χ1) is 9.30. The Morgan fingerprint density at radius 3 is 2.20 bits per heavy atom. The van der Waals surface area contributed by atoms with Crippen LogP contribution in [0.5, 0.6) is 5.75 Å². The van der Waals surface area contributed by atoms with E-state index in [4.69, 9.17) is 0 Å². The molecule has 0 bridgehead atoms. The molecule has 0 aromatic heterocycles. The van der Waals surface area contributed by atoms with Crippen molar-refractivity contribution in [2.45, 2.75) is 33.1 Å². The van der Waals surface area contributed by atoms with Crippen LogP contribution in [0.15, 0.2) is 24.3 Å². The first-order valence-corrected chi connectivity index (χ1v) is 6.79. The largest absolute Gasteiger partial charge is 0.573 e. The van der Waals surface area contributed by atoms with Gasteiger partial charge in [0, 0.05) is 0 Å². The van der Waals surface area contributed by atoms with Gasteiger partial charge in [0.1, 0.15) is 5.75 Å². The lowest BCUT2D eigenvalue weighted by atomic mass is 9.91. The topological polar surface area (TPSA) is 21.3 Å². The summed E-state index contributed by atoms with van der Waals surface area (Å²) in [5.74, 6) is 0.908. The van der Waals surface area contributed by atoms with Gasteiger partial charge in [-0.25, -0.2) is 0 Å². The van der Waals surface area contributed by atoms with E-state index in [0.717, 1.165) is 24.9 Å². The minimum absolute atomic E-state index is 0.171. The fourth-order valence-electron chi connectivity index (χ4n) is 2.35. The molecule has 0 saturated heterocycles. The quantitative estimate of drug-likeness (QED) is 0.819. The van der Waals surface area contributed by atoms with Crippen LogP contribution in [0.4, 0.5) is 13.2 Å². The lowest BCUT2D eigenvalue weighted by Gasteiger charge is -2.19. The average Bonchev–Trinajstić information content (AvgIpc) is 2.29. The van der Waals surface area contributed by atoms with Crippen LogP contribution in [0, 0.1) is 11.8 Å². The van der Waals surface area contributed by atoms with E-state index in [9.17, 15) is 13.2 Å². The minimum atomic E-state index is -4.63. The zero-order valence-electron chi connectivity index (χ0n) is 12.1. The van der Waals surface area contributed by atoms with Crippen molar-refractivity contribution >= 4 is 0 Å². The highest BCUT2D eigenvalue weighted by molar-refractivity contribution is 5.27. The van der Waals surface area contributed by atoms with Crippen molar-refractivity contribution in [3.8, 4) is 5.75 Å². The first-order valence-electron chi connectivity index (χ1n) is 6.79. The Labute approximate surface area is 118 Å². The van der Waals surface area contributed by atoms with E-state index >= 15 is 0 Å². The third-order valence-corrected chi connectivity index (χ3v) is 2.98. The van der Waals surface area contributed by atoms with E-state index < -0.39 is 6.36 Å². The highest BCUT2D eigenvalue weighted by Crippen LogP contribution is 2.24. The van der Waals surface area contributed by atoms with Gasteiger partial charge in [0.15, 0.2) is 0 Å². The summed E-state index contributed by atoms with van der Waals surface area (Å²) in [6, 6.07) is 6.14. The number of halogens is 3. The fourth-order valence-corrected chi connectivity index (χ4v) is 2.35. The normalized spacial score (nSPS) is 13.6. The Hall–Kier alpha value is -1.23. The van der Waals surface area contributed by atoms with Crippen molar-refractivity contribution in [2.24, 2.45) is 11.8 Å². The molecule has 0 radical (unpaired) electrons. The van der Waals surface area contributed by atoms with Crippen LogP contribution in [0.1, 0.15) is 25.8 Å². The molecule has 1 N–H and O–H groups in total. The number of nitrogens with one attached hydrogen (secondary N) is 1. The molecule has 20 heavy (non-hydrogen) atoms. The fraction of sp³-hybridized carbons (Fsp3) is 0.600. The molecule has 0 amide bonds. The SMILES string of the molecule is CNCC(Cc1ccc(OC(F)(F)F)cc1)CC(C)C. The summed E-state index contributed by atoms with van der Waals surface area (Å²) in [5.41, 5.74) is 1.03. The molecule has 0 heterocycles. The third-order valence-electron chi connectivity index (χ3n) is 2.98. The summed E-state index contributed by atoms with van der Waals surface area (Å²) in [7, 11) is 1.91. The second-order valence-corrected chi connectivity index (χ2v) is 5.45. The van der Waals surface area contributed by atoms with Crippen LogP contribution in [-0.2, 0) is 6.42 Å². The molecule has 5 heteroatoms. The Morgan fingerprint density at radius 2 is 1.75 bits per heavy atom. The summed E-state index contributed by atoms with van der Waals surface area (Å²) in [6.07, 6.45) is -2.69. The van der Waals surface area contributed by atoms with Gasteiger partial charge in [0.25, 0.3) is 0 Å². The summed E-state index contributed by atoms with van der Waals surface area (Å²) in [4.78, 5) is 0. The number of alkyl halides is 3. The second-order valence-electron chi connectivity index (χ2n) is 5.45. The summed E-state index contributed by atoms with van der Waals surface area (Å²) >= 11 is 0. The van der Waals surface area contributed by atoms with Crippen molar-refractivity contribution in [1.29, 1.82) is 0 Å². The first kappa shape index (κ1) is 16.8. The average molecular weight is 289 g/mol. The lowest BCUT2D eigenvalue weighted by molar-refractivity contribution is -0.274. The highest BCUT2D eigenvalue weighted by Gasteiger charge is 2.30. The maximum Gasteiger partial charge on any atom is 0.573 e. The summed E-state index contributed by atoms with van der Waals surface area (Å²) < 4.78 is 40.1. The molecule has 1 aromatic carbocycles. The van der Waals surface area contributed by atoms with Crippen LogP contribution < -0.4 is 10.1 Å². The standard InChI is InChI=1S/C15H22F3NO/c1-11(2)8-13(10-19-3)9-12-4-6-14(7-5-12)20-15(16,17)18/h4-7,11,13,19H,8-10H2,1-3H3. The summed E-state index contributed by atoms with van der Waals surface area (Å²) in [6.45, 7) is 5.24. The van der Waals surface area contributed by atoms with Crippen LogP contribution in [0.25, 0.3) is 0 Å². The van der Waals surface area contributed by atoms with Gasteiger partial charge in [-0.05, 0) is 56.0 Å². The molecule has 0 fully saturated rings. The number of hydrogen-bond acceptors (Lipinski definition) is 2. The second kappa shape index (κ2) is 7.53. The van der Waals surface area contributed by atoms with E-state index in [1.165, 1.54) is 12.1 Å². The summed E-state index contributed by atoms with van der Waals surface area (Å²) in [5, 5.41) is 3.16. The van der Waals surface area contributed by atoms with E-state index in [-0.39, 0.29) is 5.75 Å². The smallest absolute Gasteiger partial charge is 0.406 e. The van der Waals surface area contributed by atoms with Crippen molar-refractivity contribution in [3.63, 3.8) is 0 Å². The lowest BCUT2D eigenvalue weighted by Crippen LogP contribution is -2.22. The van der Waals surface area contributed by atoms with Gasteiger partial charge < -0.3 is 10.1 Å². The number of hydrogen-bond donors (Lipinski definition) is 1. The number of rotatable bonds is 7. The molecule has 1 unspecified atom stereocenters. The Kier molecular flexibility index (Phi) is 6.33. The minimum Gasteiger partial charge on any atom is -0.406 e. The Bertz CT molecular complexity index is 387. The predicted octanol–water partition coefficient (Wildman–Crippen LogP) is 4.01. The third kappa shape index (κ3) is 6.80. The van der Waals surface area contributed by atoms with Crippen LogP contribution in [0.3, 0.4) is 0 Å². The van der Waals surface area contributed by atoms with Gasteiger partial charge in [-0.1, -0.05) is 26.0 Å². The van der Waals surface area contributed by atoms with Crippen molar-refractivity contribution < 1.29 is 17.9 Å². The van der Waals surface area contributed by atoms with Gasteiger partial charge >= 0.3 is 6.36 Å². The zero-order valence-corrected chi connectivity index (χ0v) is 12.1. The molecule has 0 aliphatic rings. The van der Waals surface area contributed by atoms with E-state index in [1.807, 2.05) is 7.05 Å². The van der Waals surface area contributed by atoms with Crippen molar-refractivity contribution in [2.75, 3.05) is 13.6 Å². The van der Waals surface area contributed by atoms with Gasteiger partial charge in [-0.3, -0.25) is 0 Å². The molecule has 1 atom stereocenters. The Morgan fingerprint density at radius 1 is 1.15 bits per heavy atom. The van der Waals surface area contributed by atoms with Gasteiger partial charge in [-0.2, -0.15) is 0 Å². The molecular formula is C15H22F3NO. The number of ether oxygens (including phenoxy) is 1. The maximum atomic E-state index is 12.1. The molecule has 0 aliphatic carbocycles. The number of benzene rings is 1. The van der Waals surface area contributed by atoms with Gasteiger partial charge in [0.2, 0.25) is 0 Å². The maximum absolute atomic E-state index is 12.1. The molecule has 114 valence electrons. The van der Waals surface area contributed by atoms with E-state index in [0.29, 0.717) is 11.8 Å². The van der Waals surface area contributed by atoms with Crippen LogP contribution in [-0.4, -0.2) is 20.0 Å². The van der Waals surface area contributed by atoms with E-state index in [1.54, 1.807) is 12.1 Å².